The maximum atomic E-state index is 14.5. The second-order valence-corrected chi connectivity index (χ2v) is 11.2. The number of nitrogens with two attached hydrogens (primary N) is 1. The van der Waals surface area contributed by atoms with Gasteiger partial charge in [-0.15, -0.1) is 12.4 Å². The summed E-state index contributed by atoms with van der Waals surface area (Å²) < 4.78 is 25.7. The zero-order chi connectivity index (χ0) is 28.5. The molecule has 1 aromatic carbocycles. The quantitative estimate of drug-likeness (QED) is 0.429. The minimum Gasteiger partial charge on any atom is -0.370 e. The third kappa shape index (κ3) is 6.06. The van der Waals surface area contributed by atoms with Crippen molar-refractivity contribution in [2.75, 3.05) is 49.1 Å². The smallest absolute Gasteiger partial charge is 0.324 e. The molecule has 2 aromatic heterocycles. The van der Waals surface area contributed by atoms with E-state index in [2.05, 4.69) is 25.0 Å². The van der Waals surface area contributed by atoms with Crippen LogP contribution in [0.3, 0.4) is 0 Å². The molecule has 3 saturated heterocycles. The first-order chi connectivity index (χ1) is 19.9. The summed E-state index contributed by atoms with van der Waals surface area (Å²) in [7, 11) is 0. The Bertz CT molecular complexity index is 1360. The molecular weight excluding hydrogens is 563 g/mol. The van der Waals surface area contributed by atoms with Crippen LogP contribution in [0, 0.1) is 12.7 Å². The second-order valence-electron chi connectivity index (χ2n) is 11.2. The molecule has 3 atom stereocenters. The Morgan fingerprint density at radius 1 is 1.14 bits per heavy atom. The van der Waals surface area contributed by atoms with E-state index in [4.69, 9.17) is 15.0 Å². The van der Waals surface area contributed by atoms with Crippen LogP contribution in [-0.4, -0.2) is 82.3 Å². The predicted octanol–water partition coefficient (Wildman–Crippen LogP) is 3.64. The van der Waals surface area contributed by atoms with Crippen LogP contribution in [-0.2, 0) is 4.74 Å². The van der Waals surface area contributed by atoms with Gasteiger partial charge in [0.25, 0.3) is 5.91 Å². The van der Waals surface area contributed by atoms with E-state index in [1.165, 1.54) is 6.07 Å². The zero-order valence-electron chi connectivity index (χ0n) is 24.0. The Labute approximate surface area is 251 Å². The molecule has 0 unspecified atom stereocenters. The van der Waals surface area contributed by atoms with E-state index < -0.39 is 0 Å². The standard InChI is InChI=1S/C29H37FN8O3.ClH/c1-3-38(20-8-10-36(11-9-20)29-34-26(35-41-29)25-5-4-12-40-25)27(39)19-14-32-28(33-15-19)37-16-22(24(31)17-37)21-13-18(2)6-7-23(21)30;/h6-7,13-15,20,22,24-25H,3-5,8-12,16-17,31H2,1-2H3;1H/t22-,24+,25+;/m1./s1. The van der Waals surface area contributed by atoms with Crippen molar-refractivity contribution in [1.82, 2.24) is 25.0 Å². The van der Waals surface area contributed by atoms with Crippen molar-refractivity contribution >= 4 is 30.3 Å². The molecule has 13 heteroatoms. The van der Waals surface area contributed by atoms with Gasteiger partial charge in [-0.25, -0.2) is 14.4 Å². The molecule has 226 valence electrons. The third-order valence-electron chi connectivity index (χ3n) is 8.51. The van der Waals surface area contributed by atoms with Crippen LogP contribution in [0.1, 0.15) is 71.9 Å². The van der Waals surface area contributed by atoms with Gasteiger partial charge in [-0.3, -0.25) is 4.79 Å². The summed E-state index contributed by atoms with van der Waals surface area (Å²) in [4.78, 5) is 33.0. The fourth-order valence-electron chi connectivity index (χ4n) is 6.23. The lowest BCUT2D eigenvalue weighted by Crippen LogP contribution is -2.47. The van der Waals surface area contributed by atoms with Gasteiger partial charge in [0.2, 0.25) is 11.8 Å². The number of aryl methyl sites for hydroxylation is 1. The summed E-state index contributed by atoms with van der Waals surface area (Å²) in [6.45, 7) is 7.71. The highest BCUT2D eigenvalue weighted by molar-refractivity contribution is 5.94. The van der Waals surface area contributed by atoms with Crippen molar-refractivity contribution in [3.8, 4) is 0 Å². The first-order valence-corrected chi connectivity index (χ1v) is 14.5. The minimum absolute atomic E-state index is 0. The van der Waals surface area contributed by atoms with Crippen LogP contribution >= 0.6 is 12.4 Å². The molecule has 11 nitrogen and oxygen atoms in total. The third-order valence-corrected chi connectivity index (χ3v) is 8.51. The van der Waals surface area contributed by atoms with E-state index in [1.807, 2.05) is 29.7 Å². The molecule has 3 aliphatic heterocycles. The Balaban J connectivity index is 0.00000353. The van der Waals surface area contributed by atoms with Gasteiger partial charge >= 0.3 is 6.01 Å². The lowest BCUT2D eigenvalue weighted by Gasteiger charge is -2.37. The van der Waals surface area contributed by atoms with Crippen LogP contribution in [0.4, 0.5) is 16.4 Å². The lowest BCUT2D eigenvalue weighted by molar-refractivity contribution is 0.0661. The van der Waals surface area contributed by atoms with Crippen LogP contribution < -0.4 is 15.5 Å². The summed E-state index contributed by atoms with van der Waals surface area (Å²) in [5.74, 6) is 0.614. The predicted molar refractivity (Wildman–Crippen MR) is 158 cm³/mol. The molecule has 0 radical (unpaired) electrons. The average molecular weight is 601 g/mol. The number of carbonyl (C=O) groups excluding carboxylic acids is 1. The number of nitrogens with zero attached hydrogens (tertiary/aromatic N) is 7. The Morgan fingerprint density at radius 3 is 2.60 bits per heavy atom. The van der Waals surface area contributed by atoms with Crippen LogP contribution in [0.2, 0.25) is 0 Å². The van der Waals surface area contributed by atoms with Gasteiger partial charge < -0.3 is 29.7 Å². The van der Waals surface area contributed by atoms with Crippen molar-refractivity contribution in [3.63, 3.8) is 0 Å². The molecule has 6 rings (SSSR count). The largest absolute Gasteiger partial charge is 0.370 e. The number of piperidine rings is 1. The number of carbonyl (C=O) groups is 1. The van der Waals surface area contributed by atoms with Gasteiger partial charge in [-0.1, -0.05) is 22.9 Å². The SMILES string of the molecule is CCN(C(=O)c1cnc(N2C[C@H](c3cc(C)ccc3F)[C@@H](N)C2)nc1)C1CCN(c2nc([C@@H]3CCCO3)no2)CC1.Cl. The van der Waals surface area contributed by atoms with Crippen LogP contribution in [0.5, 0.6) is 0 Å². The Hall–Kier alpha value is -3.35. The van der Waals surface area contributed by atoms with Crippen LogP contribution in [0.25, 0.3) is 0 Å². The maximum absolute atomic E-state index is 14.5. The van der Waals surface area contributed by atoms with Crippen LogP contribution in [0.15, 0.2) is 35.1 Å². The molecule has 0 aliphatic carbocycles. The highest BCUT2D eigenvalue weighted by atomic mass is 35.5. The first kappa shape index (κ1) is 30.1. The summed E-state index contributed by atoms with van der Waals surface area (Å²) in [6.07, 6.45) is 6.60. The number of hydrogen-bond donors (Lipinski definition) is 1. The summed E-state index contributed by atoms with van der Waals surface area (Å²) >= 11 is 0. The molecule has 0 saturated carbocycles. The van der Waals surface area contributed by atoms with Crippen molar-refractivity contribution in [3.05, 3.63) is 58.9 Å². The number of ether oxygens (including phenoxy) is 1. The zero-order valence-corrected chi connectivity index (χ0v) is 24.8. The Kier molecular flexibility index (Phi) is 9.24. The van der Waals surface area contributed by atoms with E-state index >= 15 is 0 Å². The van der Waals surface area contributed by atoms with Crippen molar-refractivity contribution in [2.45, 2.75) is 63.6 Å². The number of halogens is 2. The van der Waals surface area contributed by atoms with E-state index in [0.717, 1.165) is 50.9 Å². The molecule has 42 heavy (non-hydrogen) atoms. The van der Waals surface area contributed by atoms with Gasteiger partial charge in [0.05, 0.1) is 5.56 Å². The van der Waals surface area contributed by atoms with E-state index in [0.29, 0.717) is 48.5 Å². The first-order valence-electron chi connectivity index (χ1n) is 14.5. The summed E-state index contributed by atoms with van der Waals surface area (Å²) in [5.41, 5.74) is 8.47. The van der Waals surface area contributed by atoms with Gasteiger partial charge in [0.1, 0.15) is 11.9 Å². The molecular formula is C29H38ClFN8O3. The highest BCUT2D eigenvalue weighted by Crippen LogP contribution is 2.32. The average Bonchev–Trinajstić information content (AvgIpc) is 3.77. The number of aromatic nitrogens is 4. The molecule has 1 amide bonds. The molecule has 3 fully saturated rings. The van der Waals surface area contributed by atoms with Gasteiger partial charge in [0, 0.05) is 69.7 Å². The number of hydrogen-bond acceptors (Lipinski definition) is 10. The van der Waals surface area contributed by atoms with Gasteiger partial charge in [-0.2, -0.15) is 4.98 Å². The molecule has 3 aliphatic rings. The monoisotopic (exact) mass is 600 g/mol. The van der Waals surface area contributed by atoms with E-state index in [1.54, 1.807) is 18.5 Å². The van der Waals surface area contributed by atoms with Crippen molar-refractivity contribution in [2.24, 2.45) is 5.73 Å². The van der Waals surface area contributed by atoms with E-state index in [-0.39, 0.29) is 48.2 Å². The normalized spacial score (nSPS) is 22.8. The van der Waals surface area contributed by atoms with Crippen molar-refractivity contribution in [1.29, 1.82) is 0 Å². The minimum atomic E-state index is -0.245. The molecule has 3 aromatic rings. The molecule has 5 heterocycles. The molecule has 0 bridgehead atoms. The van der Waals surface area contributed by atoms with E-state index in [9.17, 15) is 9.18 Å². The van der Waals surface area contributed by atoms with Gasteiger partial charge in [0.15, 0.2) is 0 Å². The fraction of sp³-hybridized carbons (Fsp3) is 0.552. The highest BCUT2D eigenvalue weighted by Gasteiger charge is 2.35. The number of benzene rings is 1. The number of rotatable bonds is 7. The fourth-order valence-corrected chi connectivity index (χ4v) is 6.23. The summed E-state index contributed by atoms with van der Waals surface area (Å²) in [5, 5.41) is 4.12. The lowest BCUT2D eigenvalue weighted by atomic mass is 9.93. The molecule has 2 N–H and O–H groups in total. The topological polar surface area (TPSA) is 127 Å². The Morgan fingerprint density at radius 2 is 1.90 bits per heavy atom. The summed E-state index contributed by atoms with van der Waals surface area (Å²) in [6, 6.07) is 5.47. The molecule has 0 spiro atoms. The number of anilines is 2. The van der Waals surface area contributed by atoms with Crippen molar-refractivity contribution < 1.29 is 18.4 Å². The second kappa shape index (κ2) is 12.9. The maximum Gasteiger partial charge on any atom is 0.324 e. The number of amides is 1. The van der Waals surface area contributed by atoms with Gasteiger partial charge in [-0.05, 0) is 51.2 Å².